The number of carbonyl (C=O) groups excluding carboxylic acids is 2. The summed E-state index contributed by atoms with van der Waals surface area (Å²) in [5, 5.41) is 0.685. The molecule has 1 N–H and O–H groups in total. The van der Waals surface area contributed by atoms with Crippen LogP contribution in [0.1, 0.15) is 82.1 Å². The molecule has 1 atom stereocenters. The van der Waals surface area contributed by atoms with Crippen molar-refractivity contribution in [1.29, 1.82) is 0 Å². The number of hydrogen-bond donors (Lipinski definition) is 1. The molecule has 27 heavy (non-hydrogen) atoms. The molecule has 142 valence electrons. The molecule has 2 aliphatic rings. The summed E-state index contributed by atoms with van der Waals surface area (Å²) in [4.78, 5) is 28.7. The molecule has 0 saturated heterocycles. The molecule has 1 fully saturated rings. The van der Waals surface area contributed by atoms with Crippen molar-refractivity contribution in [2.45, 2.75) is 63.9 Å². The van der Waals surface area contributed by atoms with Gasteiger partial charge in [-0.15, -0.1) is 0 Å². The second-order valence-corrected chi connectivity index (χ2v) is 8.16. The zero-order valence-electron chi connectivity index (χ0n) is 15.5. The van der Waals surface area contributed by atoms with Crippen LogP contribution in [0.3, 0.4) is 0 Å². The number of ketones is 1. The third kappa shape index (κ3) is 3.68. The number of halogens is 1. The summed E-state index contributed by atoms with van der Waals surface area (Å²) in [6.07, 6.45) is 6.46. The number of rotatable bonds is 3. The lowest BCUT2D eigenvalue weighted by Gasteiger charge is -2.22. The van der Waals surface area contributed by atoms with Crippen LogP contribution in [0.15, 0.2) is 24.3 Å². The van der Waals surface area contributed by atoms with E-state index in [1.54, 1.807) is 0 Å². The molecule has 1 heterocycles. The Morgan fingerprint density at radius 2 is 1.81 bits per heavy atom. The highest BCUT2D eigenvalue weighted by Crippen LogP contribution is 2.35. The zero-order chi connectivity index (χ0) is 19.0. The first-order chi connectivity index (χ1) is 13.0. The highest BCUT2D eigenvalue weighted by atomic mass is 35.5. The summed E-state index contributed by atoms with van der Waals surface area (Å²) in [7, 11) is 0. The van der Waals surface area contributed by atoms with Gasteiger partial charge in [0.25, 0.3) is 0 Å². The molecule has 1 aromatic carbocycles. The van der Waals surface area contributed by atoms with Gasteiger partial charge in [0.2, 0.25) is 0 Å². The number of esters is 1. The van der Waals surface area contributed by atoms with Crippen LogP contribution >= 0.6 is 11.6 Å². The second-order valence-electron chi connectivity index (χ2n) is 7.72. The molecule has 4 rings (SSSR count). The number of fused-ring (bicyclic) bond motifs is 1. The summed E-state index contributed by atoms with van der Waals surface area (Å²) in [5.74, 6) is -0.145. The number of H-pyrrole nitrogens is 1. The smallest absolute Gasteiger partial charge is 0.355 e. The molecule has 4 nitrogen and oxygen atoms in total. The van der Waals surface area contributed by atoms with Gasteiger partial charge >= 0.3 is 5.97 Å². The molecule has 0 amide bonds. The Balaban J connectivity index is 1.56. The number of aromatic nitrogens is 1. The molecule has 0 bridgehead atoms. The van der Waals surface area contributed by atoms with Crippen LogP contribution in [0, 0.1) is 6.92 Å². The molecule has 2 aromatic rings. The lowest BCUT2D eigenvalue weighted by atomic mass is 9.81. The average Bonchev–Trinajstić information content (AvgIpc) is 3.00. The van der Waals surface area contributed by atoms with E-state index in [2.05, 4.69) is 4.98 Å². The second kappa shape index (κ2) is 7.51. The van der Waals surface area contributed by atoms with Gasteiger partial charge in [-0.2, -0.15) is 0 Å². The Bertz CT molecular complexity index is 862. The summed E-state index contributed by atoms with van der Waals surface area (Å²) >= 11 is 5.97. The summed E-state index contributed by atoms with van der Waals surface area (Å²) in [5.41, 5.74) is 3.79. The number of hydrogen-bond acceptors (Lipinski definition) is 3. The van der Waals surface area contributed by atoms with E-state index < -0.39 is 0 Å². The molecule has 5 heteroatoms. The maximum Gasteiger partial charge on any atom is 0.355 e. The molecular formula is C22H24ClNO3. The van der Waals surface area contributed by atoms with E-state index in [-0.39, 0.29) is 23.8 Å². The SMILES string of the molecule is Cc1c(C(=O)OC2CCCCC2)[nH]c2c1C(=O)C[C@H](c1ccc(Cl)cc1)C2. The monoisotopic (exact) mass is 385 g/mol. The first-order valence-electron chi connectivity index (χ1n) is 9.74. The number of Topliss-reactive ketones (excluding diaryl/α,β-unsaturated/α-hetero) is 1. The number of ether oxygens (including phenoxy) is 1. The standard InChI is InChI=1S/C22H24ClNO3/c1-13-20-18(24-21(13)22(26)27-17-5-3-2-4-6-17)11-15(12-19(20)25)14-7-9-16(23)10-8-14/h7-10,15,17,24H,2-6,11-12H2,1H3/t15-/m1/s1. The van der Waals surface area contributed by atoms with Gasteiger partial charge in [0, 0.05) is 22.7 Å². The molecule has 0 aliphatic heterocycles. The van der Waals surface area contributed by atoms with Crippen LogP contribution in [0.5, 0.6) is 0 Å². The summed E-state index contributed by atoms with van der Waals surface area (Å²) < 4.78 is 5.70. The largest absolute Gasteiger partial charge is 0.458 e. The first-order valence-corrected chi connectivity index (χ1v) is 10.1. The van der Waals surface area contributed by atoms with Crippen LogP contribution in [0.4, 0.5) is 0 Å². The van der Waals surface area contributed by atoms with Crippen molar-refractivity contribution >= 4 is 23.4 Å². The van der Waals surface area contributed by atoms with E-state index in [1.165, 1.54) is 6.42 Å². The Labute approximate surface area is 164 Å². The lowest BCUT2D eigenvalue weighted by molar-refractivity contribution is 0.0204. The molecule has 0 radical (unpaired) electrons. The van der Waals surface area contributed by atoms with Crippen molar-refractivity contribution in [3.05, 3.63) is 57.4 Å². The summed E-state index contributed by atoms with van der Waals surface area (Å²) in [6.45, 7) is 1.84. The Kier molecular flexibility index (Phi) is 5.09. The van der Waals surface area contributed by atoms with Gasteiger partial charge < -0.3 is 9.72 Å². The fraction of sp³-hybridized carbons (Fsp3) is 0.455. The Morgan fingerprint density at radius 1 is 1.11 bits per heavy atom. The third-order valence-corrected chi connectivity index (χ3v) is 6.11. The van der Waals surface area contributed by atoms with E-state index in [0.29, 0.717) is 29.1 Å². The maximum atomic E-state index is 12.8. The van der Waals surface area contributed by atoms with Gasteiger partial charge in [0.15, 0.2) is 5.78 Å². The number of nitrogens with one attached hydrogen (secondary N) is 1. The first kappa shape index (κ1) is 18.3. The van der Waals surface area contributed by atoms with E-state index in [4.69, 9.17) is 16.3 Å². The fourth-order valence-electron chi connectivity index (χ4n) is 4.40. The van der Waals surface area contributed by atoms with Crippen molar-refractivity contribution in [3.8, 4) is 0 Å². The van der Waals surface area contributed by atoms with Gasteiger partial charge in [-0.05, 0) is 68.2 Å². The zero-order valence-corrected chi connectivity index (χ0v) is 16.3. The van der Waals surface area contributed by atoms with Crippen molar-refractivity contribution in [2.24, 2.45) is 0 Å². The molecule has 0 unspecified atom stereocenters. The Morgan fingerprint density at radius 3 is 2.52 bits per heavy atom. The molecule has 1 aromatic heterocycles. The van der Waals surface area contributed by atoms with Gasteiger partial charge in [-0.3, -0.25) is 4.79 Å². The quantitative estimate of drug-likeness (QED) is 0.721. The maximum absolute atomic E-state index is 12.8. The molecule has 1 saturated carbocycles. The van der Waals surface area contributed by atoms with Crippen LogP contribution < -0.4 is 0 Å². The van der Waals surface area contributed by atoms with Crippen LogP contribution in [-0.2, 0) is 11.2 Å². The highest BCUT2D eigenvalue weighted by Gasteiger charge is 2.33. The minimum atomic E-state index is -0.329. The molecule has 2 aliphatic carbocycles. The van der Waals surface area contributed by atoms with Gasteiger partial charge in [0.1, 0.15) is 11.8 Å². The Hall–Kier alpha value is -2.07. The highest BCUT2D eigenvalue weighted by molar-refractivity contribution is 6.30. The summed E-state index contributed by atoms with van der Waals surface area (Å²) in [6, 6.07) is 7.65. The van der Waals surface area contributed by atoms with Crippen molar-refractivity contribution in [3.63, 3.8) is 0 Å². The van der Waals surface area contributed by atoms with Gasteiger partial charge in [-0.25, -0.2) is 4.79 Å². The van der Waals surface area contributed by atoms with E-state index in [0.717, 1.165) is 42.5 Å². The minimum Gasteiger partial charge on any atom is -0.458 e. The van der Waals surface area contributed by atoms with Gasteiger partial charge in [0.05, 0.1) is 0 Å². The topological polar surface area (TPSA) is 59.2 Å². The predicted molar refractivity (Wildman–Crippen MR) is 105 cm³/mol. The van der Waals surface area contributed by atoms with Gasteiger partial charge in [-0.1, -0.05) is 30.2 Å². The molecule has 0 spiro atoms. The van der Waals surface area contributed by atoms with Crippen molar-refractivity contribution in [1.82, 2.24) is 4.98 Å². The fourth-order valence-corrected chi connectivity index (χ4v) is 4.53. The number of carbonyl (C=O) groups is 2. The average molecular weight is 386 g/mol. The number of aromatic amines is 1. The van der Waals surface area contributed by atoms with Crippen LogP contribution in [0.2, 0.25) is 5.02 Å². The van der Waals surface area contributed by atoms with E-state index >= 15 is 0 Å². The predicted octanol–water partition coefficient (Wildman–Crippen LogP) is 5.38. The van der Waals surface area contributed by atoms with Crippen LogP contribution in [0.25, 0.3) is 0 Å². The number of benzene rings is 1. The molecular weight excluding hydrogens is 362 g/mol. The van der Waals surface area contributed by atoms with Crippen molar-refractivity contribution < 1.29 is 14.3 Å². The minimum absolute atomic E-state index is 0.00324. The normalized spacial score (nSPS) is 20.4. The third-order valence-electron chi connectivity index (χ3n) is 5.86. The van der Waals surface area contributed by atoms with E-state index in [9.17, 15) is 9.59 Å². The lowest BCUT2D eigenvalue weighted by Crippen LogP contribution is -2.21. The van der Waals surface area contributed by atoms with E-state index in [1.807, 2.05) is 31.2 Å². The van der Waals surface area contributed by atoms with Crippen molar-refractivity contribution in [2.75, 3.05) is 0 Å². The van der Waals surface area contributed by atoms with Crippen LogP contribution in [-0.4, -0.2) is 22.8 Å².